The van der Waals surface area contributed by atoms with Crippen LogP contribution >= 0.6 is 0 Å². The third-order valence-corrected chi connectivity index (χ3v) is 4.23. The number of pyridine rings is 1. The summed E-state index contributed by atoms with van der Waals surface area (Å²) in [7, 11) is 0. The number of carbonyl (C=O) groups is 1. The van der Waals surface area contributed by atoms with Crippen LogP contribution in [-0.4, -0.2) is 49.8 Å². The van der Waals surface area contributed by atoms with E-state index in [1.165, 1.54) is 12.8 Å². The molecule has 2 aliphatic rings. The molecule has 3 heterocycles. The van der Waals surface area contributed by atoms with Gasteiger partial charge in [0.2, 0.25) is 6.41 Å². The number of anilines is 1. The minimum atomic E-state index is 0.363. The standard InChI is InChI=1S/C16H24N4O3/c21-11-20-14-7-15(22-9-12-3-1-5-17-12)16(19-8-14)23-10-13-4-2-6-18-13/h7-8,11-13,17-18H,1-6,9-10H2,(H,20,21)/t12-,13-/m0/s1. The molecule has 7 nitrogen and oxygen atoms in total. The summed E-state index contributed by atoms with van der Waals surface area (Å²) in [5.74, 6) is 1.05. The molecule has 2 aliphatic heterocycles. The Kier molecular flexibility index (Phi) is 5.65. The second-order valence-electron chi connectivity index (χ2n) is 6.00. The summed E-state index contributed by atoms with van der Waals surface area (Å²) in [6.07, 6.45) is 6.79. The fraction of sp³-hybridized carbons (Fsp3) is 0.625. The average molecular weight is 320 g/mol. The van der Waals surface area contributed by atoms with Crippen molar-refractivity contribution in [1.82, 2.24) is 15.6 Å². The van der Waals surface area contributed by atoms with Crippen LogP contribution in [0.4, 0.5) is 5.69 Å². The van der Waals surface area contributed by atoms with E-state index in [2.05, 4.69) is 20.9 Å². The molecule has 0 saturated carbocycles. The van der Waals surface area contributed by atoms with Crippen molar-refractivity contribution in [1.29, 1.82) is 0 Å². The first kappa shape index (κ1) is 16.0. The molecule has 7 heteroatoms. The fourth-order valence-electron chi connectivity index (χ4n) is 2.96. The Labute approximate surface area is 136 Å². The van der Waals surface area contributed by atoms with Crippen molar-refractivity contribution < 1.29 is 14.3 Å². The molecule has 0 radical (unpaired) electrons. The Morgan fingerprint density at radius 2 is 1.87 bits per heavy atom. The minimum absolute atomic E-state index is 0.363. The lowest BCUT2D eigenvalue weighted by atomic mass is 10.2. The maximum absolute atomic E-state index is 10.6. The van der Waals surface area contributed by atoms with Crippen LogP contribution in [0, 0.1) is 0 Å². The minimum Gasteiger partial charge on any atom is -0.486 e. The number of rotatable bonds is 8. The van der Waals surface area contributed by atoms with Gasteiger partial charge in [-0.3, -0.25) is 4.79 Å². The van der Waals surface area contributed by atoms with Crippen molar-refractivity contribution in [3.8, 4) is 11.6 Å². The summed E-state index contributed by atoms with van der Waals surface area (Å²) in [6, 6.07) is 2.49. The highest BCUT2D eigenvalue weighted by Gasteiger charge is 2.19. The zero-order chi connectivity index (χ0) is 15.9. The fourth-order valence-corrected chi connectivity index (χ4v) is 2.96. The van der Waals surface area contributed by atoms with E-state index >= 15 is 0 Å². The lowest BCUT2D eigenvalue weighted by Crippen LogP contribution is -2.29. The largest absolute Gasteiger partial charge is 0.486 e. The van der Waals surface area contributed by atoms with Crippen molar-refractivity contribution in [3.05, 3.63) is 12.3 Å². The SMILES string of the molecule is O=CNc1cnc(OC[C@@H]2CCCN2)c(OC[C@@H]2CCCN2)c1. The average Bonchev–Trinajstić information content (AvgIpc) is 3.26. The first-order valence-corrected chi connectivity index (χ1v) is 8.28. The monoisotopic (exact) mass is 320 g/mol. The maximum atomic E-state index is 10.6. The number of amides is 1. The Balaban J connectivity index is 1.63. The highest BCUT2D eigenvalue weighted by molar-refractivity contribution is 5.71. The number of hydrogen-bond donors (Lipinski definition) is 3. The summed E-state index contributed by atoms with van der Waals surface area (Å²) in [6.45, 7) is 3.23. The molecular formula is C16H24N4O3. The lowest BCUT2D eigenvalue weighted by molar-refractivity contribution is -0.105. The highest BCUT2D eigenvalue weighted by Crippen LogP contribution is 2.28. The van der Waals surface area contributed by atoms with Gasteiger partial charge in [0.05, 0.1) is 11.9 Å². The van der Waals surface area contributed by atoms with E-state index in [1.807, 2.05) is 0 Å². The number of nitrogens with one attached hydrogen (secondary N) is 3. The molecule has 3 rings (SSSR count). The summed E-state index contributed by atoms with van der Waals surface area (Å²) in [5, 5.41) is 9.38. The van der Waals surface area contributed by atoms with Gasteiger partial charge >= 0.3 is 0 Å². The molecule has 2 fully saturated rings. The van der Waals surface area contributed by atoms with Gasteiger partial charge in [-0.05, 0) is 38.8 Å². The van der Waals surface area contributed by atoms with E-state index in [0.29, 0.717) is 49.0 Å². The van der Waals surface area contributed by atoms with E-state index in [1.54, 1.807) is 12.3 Å². The van der Waals surface area contributed by atoms with Crippen LogP contribution < -0.4 is 25.4 Å². The van der Waals surface area contributed by atoms with Gasteiger partial charge in [-0.2, -0.15) is 0 Å². The number of carbonyl (C=O) groups excluding carboxylic acids is 1. The third-order valence-electron chi connectivity index (χ3n) is 4.23. The Morgan fingerprint density at radius 3 is 2.48 bits per heavy atom. The summed E-state index contributed by atoms with van der Waals surface area (Å²) in [5.41, 5.74) is 0.598. The summed E-state index contributed by atoms with van der Waals surface area (Å²) >= 11 is 0. The molecule has 0 aromatic carbocycles. The number of aromatic nitrogens is 1. The molecule has 126 valence electrons. The molecule has 2 atom stereocenters. The van der Waals surface area contributed by atoms with E-state index in [0.717, 1.165) is 25.9 Å². The number of nitrogens with zero attached hydrogens (tertiary/aromatic N) is 1. The zero-order valence-corrected chi connectivity index (χ0v) is 13.2. The quantitative estimate of drug-likeness (QED) is 0.618. The van der Waals surface area contributed by atoms with E-state index in [9.17, 15) is 4.79 Å². The van der Waals surface area contributed by atoms with E-state index in [-0.39, 0.29) is 0 Å². The molecule has 0 unspecified atom stereocenters. The topological polar surface area (TPSA) is 84.5 Å². The van der Waals surface area contributed by atoms with Crippen molar-refractivity contribution in [2.24, 2.45) is 0 Å². The van der Waals surface area contributed by atoms with Gasteiger partial charge in [-0.1, -0.05) is 0 Å². The summed E-state index contributed by atoms with van der Waals surface area (Å²) < 4.78 is 11.7. The van der Waals surface area contributed by atoms with Crippen molar-refractivity contribution in [3.63, 3.8) is 0 Å². The molecule has 1 aromatic heterocycles. The maximum Gasteiger partial charge on any atom is 0.257 e. The third kappa shape index (κ3) is 4.56. The number of ether oxygens (including phenoxy) is 2. The van der Waals surface area contributed by atoms with Gasteiger partial charge in [-0.15, -0.1) is 0 Å². The number of hydrogen-bond acceptors (Lipinski definition) is 6. The van der Waals surface area contributed by atoms with Crippen LogP contribution in [-0.2, 0) is 4.79 Å². The van der Waals surface area contributed by atoms with Gasteiger partial charge in [0.25, 0.3) is 5.88 Å². The van der Waals surface area contributed by atoms with Crippen molar-refractivity contribution in [2.75, 3.05) is 31.6 Å². The molecule has 0 spiro atoms. The predicted octanol–water partition coefficient (Wildman–Crippen LogP) is 0.911. The van der Waals surface area contributed by atoms with Crippen LogP contribution in [0.15, 0.2) is 12.3 Å². The van der Waals surface area contributed by atoms with E-state index < -0.39 is 0 Å². The predicted molar refractivity (Wildman–Crippen MR) is 87.0 cm³/mol. The van der Waals surface area contributed by atoms with Gasteiger partial charge < -0.3 is 25.4 Å². The molecule has 0 aliphatic carbocycles. The second kappa shape index (κ2) is 8.12. The molecule has 1 aromatic rings. The molecule has 3 N–H and O–H groups in total. The molecule has 1 amide bonds. The van der Waals surface area contributed by atoms with Crippen LogP contribution in [0.3, 0.4) is 0 Å². The normalized spacial score (nSPS) is 23.7. The van der Waals surface area contributed by atoms with Gasteiger partial charge in [0.1, 0.15) is 13.2 Å². The van der Waals surface area contributed by atoms with Crippen LogP contribution in [0.2, 0.25) is 0 Å². The summed E-state index contributed by atoms with van der Waals surface area (Å²) in [4.78, 5) is 14.9. The second-order valence-corrected chi connectivity index (χ2v) is 6.00. The molecular weight excluding hydrogens is 296 g/mol. The van der Waals surface area contributed by atoms with Crippen LogP contribution in [0.25, 0.3) is 0 Å². The van der Waals surface area contributed by atoms with Gasteiger partial charge in [0, 0.05) is 18.2 Å². The van der Waals surface area contributed by atoms with Crippen LogP contribution in [0.1, 0.15) is 25.7 Å². The first-order chi connectivity index (χ1) is 11.3. The smallest absolute Gasteiger partial charge is 0.257 e. The van der Waals surface area contributed by atoms with Crippen molar-refractivity contribution in [2.45, 2.75) is 37.8 Å². The first-order valence-electron chi connectivity index (χ1n) is 8.28. The van der Waals surface area contributed by atoms with Gasteiger partial charge in [-0.25, -0.2) is 4.98 Å². The molecule has 0 bridgehead atoms. The molecule has 23 heavy (non-hydrogen) atoms. The Morgan fingerprint density at radius 1 is 1.17 bits per heavy atom. The van der Waals surface area contributed by atoms with Crippen LogP contribution in [0.5, 0.6) is 11.6 Å². The van der Waals surface area contributed by atoms with Gasteiger partial charge in [0.15, 0.2) is 5.75 Å². The Bertz CT molecular complexity index is 514. The lowest BCUT2D eigenvalue weighted by Gasteiger charge is -2.17. The zero-order valence-electron chi connectivity index (χ0n) is 13.2. The molecule has 2 saturated heterocycles. The van der Waals surface area contributed by atoms with Crippen molar-refractivity contribution >= 4 is 12.1 Å². The highest BCUT2D eigenvalue weighted by atomic mass is 16.5. The Hall–Kier alpha value is -1.86. The van der Waals surface area contributed by atoms with E-state index in [4.69, 9.17) is 9.47 Å².